The first-order valence-corrected chi connectivity index (χ1v) is 7.93. The van der Waals surface area contributed by atoms with Crippen LogP contribution in [0.15, 0.2) is 0 Å². The topological polar surface area (TPSA) is 18.5 Å². The molecular formula is C16H32O2. The van der Waals surface area contributed by atoms with E-state index in [1.807, 2.05) is 0 Å². The smallest absolute Gasteiger partial charge is 0.157 e. The molecule has 1 aliphatic rings. The second kappa shape index (κ2) is 8.92. The minimum Gasteiger partial charge on any atom is -0.352 e. The molecule has 0 aromatic heterocycles. The second-order valence-electron chi connectivity index (χ2n) is 6.13. The third-order valence-corrected chi connectivity index (χ3v) is 4.13. The van der Waals surface area contributed by atoms with E-state index in [2.05, 4.69) is 20.8 Å². The third-order valence-electron chi connectivity index (χ3n) is 4.13. The largest absolute Gasteiger partial charge is 0.352 e. The van der Waals surface area contributed by atoms with Gasteiger partial charge >= 0.3 is 0 Å². The summed E-state index contributed by atoms with van der Waals surface area (Å²) < 4.78 is 11.6. The Balaban J connectivity index is 1.95. The zero-order valence-corrected chi connectivity index (χ0v) is 12.7. The first-order chi connectivity index (χ1) is 8.70. The van der Waals surface area contributed by atoms with E-state index in [9.17, 15) is 0 Å². The van der Waals surface area contributed by atoms with Crippen molar-refractivity contribution in [3.05, 3.63) is 0 Å². The molecular weight excluding hydrogens is 224 g/mol. The average Bonchev–Trinajstić information content (AvgIpc) is 2.40. The van der Waals surface area contributed by atoms with Gasteiger partial charge < -0.3 is 9.47 Å². The molecule has 1 rings (SSSR count). The SMILES string of the molecule is CCCCCCCCCC1OCC(C)(CC)CO1. The molecule has 1 heterocycles. The van der Waals surface area contributed by atoms with Gasteiger partial charge in [-0.05, 0) is 19.3 Å². The van der Waals surface area contributed by atoms with Crippen molar-refractivity contribution in [1.82, 2.24) is 0 Å². The van der Waals surface area contributed by atoms with Gasteiger partial charge in [0.1, 0.15) is 0 Å². The van der Waals surface area contributed by atoms with Crippen LogP contribution in [0.3, 0.4) is 0 Å². The standard InChI is InChI=1S/C16H32O2/c1-4-6-7-8-9-10-11-12-15-17-13-16(3,5-2)14-18-15/h15H,4-14H2,1-3H3. The van der Waals surface area contributed by atoms with E-state index in [-0.39, 0.29) is 11.7 Å². The fraction of sp³-hybridized carbons (Fsp3) is 1.00. The molecule has 0 aromatic carbocycles. The van der Waals surface area contributed by atoms with Gasteiger partial charge in [-0.3, -0.25) is 0 Å². The summed E-state index contributed by atoms with van der Waals surface area (Å²) in [6.07, 6.45) is 11.8. The molecule has 1 saturated heterocycles. The lowest BCUT2D eigenvalue weighted by Gasteiger charge is -2.36. The molecule has 0 aliphatic carbocycles. The zero-order chi connectivity index (χ0) is 13.3. The first kappa shape index (κ1) is 16.0. The van der Waals surface area contributed by atoms with E-state index in [0.29, 0.717) is 0 Å². The molecule has 2 nitrogen and oxygen atoms in total. The molecule has 0 spiro atoms. The van der Waals surface area contributed by atoms with E-state index in [0.717, 1.165) is 26.1 Å². The van der Waals surface area contributed by atoms with Crippen molar-refractivity contribution in [3.63, 3.8) is 0 Å². The molecule has 108 valence electrons. The molecule has 0 radical (unpaired) electrons. The lowest BCUT2D eigenvalue weighted by molar-refractivity contribution is -0.228. The van der Waals surface area contributed by atoms with Crippen LogP contribution in [0.5, 0.6) is 0 Å². The number of ether oxygens (including phenoxy) is 2. The minimum atomic E-state index is 0.0697. The van der Waals surface area contributed by atoms with Gasteiger partial charge in [0.15, 0.2) is 6.29 Å². The van der Waals surface area contributed by atoms with Crippen LogP contribution >= 0.6 is 0 Å². The summed E-state index contributed by atoms with van der Waals surface area (Å²) in [7, 11) is 0. The number of hydrogen-bond acceptors (Lipinski definition) is 2. The summed E-state index contributed by atoms with van der Waals surface area (Å²) in [4.78, 5) is 0. The van der Waals surface area contributed by atoms with E-state index in [1.54, 1.807) is 0 Å². The Kier molecular flexibility index (Phi) is 7.92. The van der Waals surface area contributed by atoms with Crippen LogP contribution in [-0.2, 0) is 9.47 Å². The predicted molar refractivity (Wildman–Crippen MR) is 76.7 cm³/mol. The van der Waals surface area contributed by atoms with Crippen LogP contribution < -0.4 is 0 Å². The van der Waals surface area contributed by atoms with E-state index < -0.39 is 0 Å². The van der Waals surface area contributed by atoms with Crippen molar-refractivity contribution < 1.29 is 9.47 Å². The number of unbranched alkanes of at least 4 members (excludes halogenated alkanes) is 6. The highest BCUT2D eigenvalue weighted by atomic mass is 16.7. The molecule has 1 fully saturated rings. The van der Waals surface area contributed by atoms with Crippen molar-refractivity contribution in [3.8, 4) is 0 Å². The lowest BCUT2D eigenvalue weighted by Crippen LogP contribution is -2.39. The summed E-state index contributed by atoms with van der Waals surface area (Å²) in [5, 5.41) is 0. The number of rotatable bonds is 9. The molecule has 2 heteroatoms. The quantitative estimate of drug-likeness (QED) is 0.545. The maximum absolute atomic E-state index is 5.81. The molecule has 0 unspecified atom stereocenters. The van der Waals surface area contributed by atoms with Gasteiger partial charge in [0, 0.05) is 5.41 Å². The Morgan fingerprint density at radius 2 is 1.44 bits per heavy atom. The van der Waals surface area contributed by atoms with Gasteiger partial charge in [0.05, 0.1) is 13.2 Å². The summed E-state index contributed by atoms with van der Waals surface area (Å²) in [5.74, 6) is 0. The number of hydrogen-bond donors (Lipinski definition) is 0. The lowest BCUT2D eigenvalue weighted by atomic mass is 9.89. The fourth-order valence-electron chi connectivity index (χ4n) is 2.32. The van der Waals surface area contributed by atoms with Crippen LogP contribution in [0.25, 0.3) is 0 Å². The highest BCUT2D eigenvalue weighted by molar-refractivity contribution is 4.75. The summed E-state index contributed by atoms with van der Waals surface area (Å²) in [6, 6.07) is 0. The zero-order valence-electron chi connectivity index (χ0n) is 12.7. The summed E-state index contributed by atoms with van der Waals surface area (Å²) >= 11 is 0. The van der Waals surface area contributed by atoms with Crippen molar-refractivity contribution in [2.45, 2.75) is 84.8 Å². The summed E-state index contributed by atoms with van der Waals surface area (Å²) in [6.45, 7) is 8.46. The van der Waals surface area contributed by atoms with Gasteiger partial charge in [-0.25, -0.2) is 0 Å². The molecule has 0 saturated carbocycles. The Hall–Kier alpha value is -0.0800. The molecule has 0 amide bonds. The van der Waals surface area contributed by atoms with Crippen molar-refractivity contribution in [1.29, 1.82) is 0 Å². The Morgan fingerprint density at radius 3 is 2.00 bits per heavy atom. The van der Waals surface area contributed by atoms with Gasteiger partial charge in [-0.15, -0.1) is 0 Å². The molecule has 0 bridgehead atoms. The maximum Gasteiger partial charge on any atom is 0.157 e. The van der Waals surface area contributed by atoms with Crippen LogP contribution in [0.2, 0.25) is 0 Å². The molecule has 0 atom stereocenters. The fourth-order valence-corrected chi connectivity index (χ4v) is 2.32. The van der Waals surface area contributed by atoms with Crippen LogP contribution in [-0.4, -0.2) is 19.5 Å². The monoisotopic (exact) mass is 256 g/mol. The van der Waals surface area contributed by atoms with Gasteiger partial charge in [-0.2, -0.15) is 0 Å². The predicted octanol–water partition coefficient (Wildman–Crippen LogP) is 4.92. The first-order valence-electron chi connectivity index (χ1n) is 7.93. The average molecular weight is 256 g/mol. The van der Waals surface area contributed by atoms with Crippen LogP contribution in [0.4, 0.5) is 0 Å². The Morgan fingerprint density at radius 1 is 0.889 bits per heavy atom. The molecule has 0 N–H and O–H groups in total. The maximum atomic E-state index is 5.81. The minimum absolute atomic E-state index is 0.0697. The van der Waals surface area contributed by atoms with Gasteiger partial charge in [0.25, 0.3) is 0 Å². The second-order valence-corrected chi connectivity index (χ2v) is 6.13. The Bertz CT molecular complexity index is 195. The van der Waals surface area contributed by atoms with Gasteiger partial charge in [0.2, 0.25) is 0 Å². The van der Waals surface area contributed by atoms with E-state index >= 15 is 0 Å². The molecule has 18 heavy (non-hydrogen) atoms. The highest BCUT2D eigenvalue weighted by Crippen LogP contribution is 2.28. The Labute approximate surface area is 113 Å². The van der Waals surface area contributed by atoms with Crippen molar-refractivity contribution >= 4 is 0 Å². The molecule has 1 aliphatic heterocycles. The van der Waals surface area contributed by atoms with Crippen molar-refractivity contribution in [2.24, 2.45) is 5.41 Å². The van der Waals surface area contributed by atoms with Crippen molar-refractivity contribution in [2.75, 3.05) is 13.2 Å². The van der Waals surface area contributed by atoms with Crippen LogP contribution in [0.1, 0.15) is 78.6 Å². The van der Waals surface area contributed by atoms with E-state index in [1.165, 1.54) is 44.9 Å². The van der Waals surface area contributed by atoms with Crippen LogP contribution in [0, 0.1) is 5.41 Å². The summed E-state index contributed by atoms with van der Waals surface area (Å²) in [5.41, 5.74) is 0.247. The third kappa shape index (κ3) is 6.19. The van der Waals surface area contributed by atoms with E-state index in [4.69, 9.17) is 9.47 Å². The highest BCUT2D eigenvalue weighted by Gasteiger charge is 2.30. The normalized spacial score (nSPS) is 28.5. The van der Waals surface area contributed by atoms with Gasteiger partial charge in [-0.1, -0.05) is 59.3 Å². The molecule has 0 aromatic rings.